The number of thiophene rings is 1. The van der Waals surface area contributed by atoms with Gasteiger partial charge in [-0.25, -0.2) is 4.79 Å². The lowest BCUT2D eigenvalue weighted by Gasteiger charge is -2.03. The molecule has 5 rings (SSSR count). The molecule has 0 unspecified atom stereocenters. The van der Waals surface area contributed by atoms with Gasteiger partial charge in [0.05, 0.1) is 0 Å². The van der Waals surface area contributed by atoms with Gasteiger partial charge in [0, 0.05) is 21.5 Å². The summed E-state index contributed by atoms with van der Waals surface area (Å²) < 4.78 is 11.3. The quantitative estimate of drug-likeness (QED) is 0.462. The van der Waals surface area contributed by atoms with E-state index in [1.54, 1.807) is 23.6 Å². The Labute approximate surface area is 173 Å². The van der Waals surface area contributed by atoms with E-state index in [-0.39, 0.29) is 22.1 Å². The van der Waals surface area contributed by atoms with E-state index in [1.165, 1.54) is 12.1 Å². The lowest BCUT2D eigenvalue weighted by atomic mass is 10.1. The fourth-order valence-corrected chi connectivity index (χ4v) is 4.41. The number of furan rings is 2. The number of hydrogen-bond acceptors (Lipinski definition) is 6. The highest BCUT2D eigenvalue weighted by Gasteiger charge is 2.24. The van der Waals surface area contributed by atoms with Crippen molar-refractivity contribution >= 4 is 51.3 Å². The number of carboxylic acid groups (broad SMARTS) is 1. The molecule has 1 aromatic carbocycles. The number of fused-ring (bicyclic) bond motifs is 2. The summed E-state index contributed by atoms with van der Waals surface area (Å²) in [6.07, 6.45) is 5.67. The van der Waals surface area contributed by atoms with E-state index >= 15 is 0 Å². The summed E-state index contributed by atoms with van der Waals surface area (Å²) in [5.41, 5.74) is 1.46. The number of aromatic carboxylic acids is 1. The van der Waals surface area contributed by atoms with Gasteiger partial charge in [-0.05, 0) is 49.2 Å². The van der Waals surface area contributed by atoms with E-state index in [0.29, 0.717) is 27.7 Å². The first-order valence-corrected chi connectivity index (χ1v) is 10.1. The van der Waals surface area contributed by atoms with Gasteiger partial charge in [0.25, 0.3) is 5.91 Å². The van der Waals surface area contributed by atoms with E-state index in [0.717, 1.165) is 29.4 Å². The number of carboxylic acids is 1. The maximum absolute atomic E-state index is 12.7. The first kappa shape index (κ1) is 18.3. The number of anilines is 1. The monoisotopic (exact) mass is 421 g/mol. The lowest BCUT2D eigenvalue weighted by molar-refractivity contribution is 0.0699. The second-order valence-electron chi connectivity index (χ2n) is 6.86. The summed E-state index contributed by atoms with van der Waals surface area (Å²) in [5, 5.41) is 25.4. The Kier molecular flexibility index (Phi) is 4.22. The zero-order valence-electron chi connectivity index (χ0n) is 15.5. The molecule has 0 saturated heterocycles. The molecule has 0 aliphatic heterocycles. The van der Waals surface area contributed by atoms with Crippen molar-refractivity contribution in [3.05, 3.63) is 57.7 Å². The number of phenolic OH excluding ortho intramolecular Hbond substituents is 1. The molecular formula is C22H15NO6S. The first-order chi connectivity index (χ1) is 14.5. The van der Waals surface area contributed by atoms with Crippen molar-refractivity contribution in [2.75, 3.05) is 5.32 Å². The average molecular weight is 421 g/mol. The number of carbonyl (C=O) groups is 2. The van der Waals surface area contributed by atoms with Gasteiger partial charge in [0.1, 0.15) is 33.1 Å². The number of aromatic hydroxyl groups is 1. The fraction of sp³-hybridized carbons (Fsp3) is 0.0909. The van der Waals surface area contributed by atoms with Gasteiger partial charge >= 0.3 is 5.97 Å². The molecule has 1 aliphatic carbocycles. The van der Waals surface area contributed by atoms with Crippen LogP contribution in [-0.4, -0.2) is 22.1 Å². The minimum atomic E-state index is -1.19. The maximum atomic E-state index is 12.7. The summed E-state index contributed by atoms with van der Waals surface area (Å²) in [5.74, 6) is -1.16. The van der Waals surface area contributed by atoms with Gasteiger partial charge in [-0.2, -0.15) is 0 Å². The highest BCUT2D eigenvalue weighted by molar-refractivity contribution is 7.15. The van der Waals surface area contributed by atoms with Gasteiger partial charge < -0.3 is 24.4 Å². The van der Waals surface area contributed by atoms with Gasteiger partial charge in [-0.3, -0.25) is 4.79 Å². The molecule has 0 fully saturated rings. The minimum Gasteiger partial charge on any atom is -0.508 e. The molecule has 0 radical (unpaired) electrons. The van der Waals surface area contributed by atoms with Crippen molar-refractivity contribution in [1.82, 2.24) is 0 Å². The highest BCUT2D eigenvalue weighted by Crippen LogP contribution is 2.38. The van der Waals surface area contributed by atoms with Crippen molar-refractivity contribution in [3.8, 4) is 17.1 Å². The lowest BCUT2D eigenvalue weighted by Crippen LogP contribution is -2.21. The van der Waals surface area contributed by atoms with E-state index in [9.17, 15) is 19.8 Å². The van der Waals surface area contributed by atoms with E-state index in [2.05, 4.69) is 5.32 Å². The number of hydrogen-bond donors (Lipinski definition) is 3. The number of phenols is 1. The summed E-state index contributed by atoms with van der Waals surface area (Å²) >= 11 is 1.09. The number of nitrogens with one attached hydrogen (secondary N) is 1. The Morgan fingerprint density at radius 3 is 2.70 bits per heavy atom. The van der Waals surface area contributed by atoms with Gasteiger partial charge in [-0.15, -0.1) is 11.3 Å². The summed E-state index contributed by atoms with van der Waals surface area (Å²) in [6, 6.07) is 7.94. The Balaban J connectivity index is 1.52. The highest BCUT2D eigenvalue weighted by atomic mass is 32.1. The van der Waals surface area contributed by atoms with Gasteiger partial charge in [0.2, 0.25) is 0 Å². The van der Waals surface area contributed by atoms with Crippen LogP contribution in [0.1, 0.15) is 33.8 Å². The van der Waals surface area contributed by atoms with Crippen LogP contribution in [0.15, 0.2) is 44.5 Å². The second-order valence-corrected chi connectivity index (χ2v) is 7.74. The van der Waals surface area contributed by atoms with Crippen LogP contribution in [0.4, 0.5) is 5.00 Å². The van der Waals surface area contributed by atoms with Gasteiger partial charge in [-0.1, -0.05) is 6.08 Å². The molecule has 0 bridgehead atoms. The van der Waals surface area contributed by atoms with Crippen LogP contribution in [0.2, 0.25) is 0 Å². The van der Waals surface area contributed by atoms with Crippen molar-refractivity contribution < 1.29 is 28.6 Å². The third-order valence-corrected chi connectivity index (χ3v) is 5.77. The summed E-state index contributed by atoms with van der Waals surface area (Å²) in [6.45, 7) is 0. The number of amides is 1. The molecule has 8 heteroatoms. The molecule has 0 atom stereocenters. The van der Waals surface area contributed by atoms with Gasteiger partial charge in [0.15, 0.2) is 5.76 Å². The average Bonchev–Trinajstić information content (AvgIpc) is 3.43. The number of carbonyl (C=O) groups excluding carboxylic acids is 1. The Bertz CT molecular complexity index is 1400. The molecule has 0 saturated carbocycles. The molecule has 1 aliphatic rings. The molecular weight excluding hydrogens is 406 g/mol. The largest absolute Gasteiger partial charge is 0.508 e. The van der Waals surface area contributed by atoms with E-state index in [4.69, 9.17) is 8.83 Å². The fourth-order valence-electron chi connectivity index (χ4n) is 3.48. The Hall–Kier alpha value is -3.78. The summed E-state index contributed by atoms with van der Waals surface area (Å²) in [4.78, 5) is 24.6. The molecule has 3 heterocycles. The minimum absolute atomic E-state index is 0.0638. The summed E-state index contributed by atoms with van der Waals surface area (Å²) in [7, 11) is 0. The topological polar surface area (TPSA) is 113 Å². The third-order valence-electron chi connectivity index (χ3n) is 4.87. The van der Waals surface area contributed by atoms with Crippen LogP contribution in [0.5, 0.6) is 5.75 Å². The van der Waals surface area contributed by atoms with Crippen molar-refractivity contribution in [2.24, 2.45) is 0 Å². The SMILES string of the molecule is O=C(Nc1scc(-c2cc3cc(O)ccc3o2)c1C(=O)O)c1cc2c(o1)=CCCC=2. The molecule has 7 nitrogen and oxygen atoms in total. The second kappa shape index (κ2) is 6.93. The van der Waals surface area contributed by atoms with Crippen LogP contribution < -0.4 is 16.0 Å². The molecule has 3 aromatic heterocycles. The van der Waals surface area contributed by atoms with E-state index < -0.39 is 11.9 Å². The van der Waals surface area contributed by atoms with Crippen molar-refractivity contribution in [1.29, 1.82) is 0 Å². The third kappa shape index (κ3) is 3.07. The predicted molar refractivity (Wildman–Crippen MR) is 112 cm³/mol. The molecule has 0 spiro atoms. The zero-order valence-corrected chi connectivity index (χ0v) is 16.3. The Morgan fingerprint density at radius 1 is 1.07 bits per heavy atom. The smallest absolute Gasteiger partial charge is 0.339 e. The number of rotatable bonds is 4. The number of benzene rings is 1. The molecule has 150 valence electrons. The van der Waals surface area contributed by atoms with Crippen LogP contribution in [0.25, 0.3) is 34.4 Å². The molecule has 4 aromatic rings. The molecule has 1 amide bonds. The normalized spacial score (nSPS) is 12.8. The first-order valence-electron chi connectivity index (χ1n) is 9.19. The maximum Gasteiger partial charge on any atom is 0.339 e. The standard InChI is InChI=1S/C22H15NO6S/c24-13-5-6-16-12(7-13)9-17(28-16)14-10-30-21(19(14)22(26)27)23-20(25)18-8-11-3-1-2-4-15(11)29-18/h3-10,24H,1-2H2,(H,23,25)(H,26,27). The van der Waals surface area contributed by atoms with Crippen molar-refractivity contribution in [2.45, 2.75) is 12.8 Å². The van der Waals surface area contributed by atoms with Crippen LogP contribution in [-0.2, 0) is 0 Å². The Morgan fingerprint density at radius 2 is 1.90 bits per heavy atom. The molecule has 3 N–H and O–H groups in total. The predicted octanol–water partition coefficient (Wildman–Crippen LogP) is 3.77. The van der Waals surface area contributed by atoms with Crippen LogP contribution >= 0.6 is 11.3 Å². The molecule has 30 heavy (non-hydrogen) atoms. The van der Waals surface area contributed by atoms with Crippen molar-refractivity contribution in [3.63, 3.8) is 0 Å². The van der Waals surface area contributed by atoms with Crippen LogP contribution in [0.3, 0.4) is 0 Å². The van der Waals surface area contributed by atoms with E-state index in [1.807, 2.05) is 12.2 Å². The van der Waals surface area contributed by atoms with Crippen LogP contribution in [0, 0.1) is 0 Å². The zero-order chi connectivity index (χ0) is 20.8.